The molecule has 1 amide bonds. The van der Waals surface area contributed by atoms with E-state index in [9.17, 15) is 22.4 Å². The number of carbonyl (C=O) groups excluding carboxylic acids is 1. The summed E-state index contributed by atoms with van der Waals surface area (Å²) < 4.78 is 40.8. The second kappa shape index (κ2) is 8.91. The molecule has 2 N–H and O–H groups in total. The van der Waals surface area contributed by atoms with Crippen LogP contribution in [0.3, 0.4) is 0 Å². The Morgan fingerprint density at radius 2 is 1.88 bits per heavy atom. The molecule has 1 aromatic rings. The average molecular weight is 374 g/mol. The van der Waals surface area contributed by atoms with Gasteiger partial charge in [-0.05, 0) is 24.5 Å². The highest BCUT2D eigenvalue weighted by atomic mass is 32.2. The first-order valence-electron chi connectivity index (χ1n) is 7.80. The number of aliphatic carboxylic acids is 1. The Labute approximate surface area is 146 Å². The fourth-order valence-electron chi connectivity index (χ4n) is 2.18. The largest absolute Gasteiger partial charge is 0.481 e. The van der Waals surface area contributed by atoms with Gasteiger partial charge in [0.1, 0.15) is 16.8 Å². The molecule has 0 saturated heterocycles. The van der Waals surface area contributed by atoms with Crippen molar-refractivity contribution < 1.29 is 27.5 Å². The van der Waals surface area contributed by atoms with Crippen molar-refractivity contribution in [2.75, 3.05) is 13.6 Å². The quantitative estimate of drug-likeness (QED) is 0.681. The molecule has 0 heterocycles. The van der Waals surface area contributed by atoms with E-state index < -0.39 is 38.7 Å². The van der Waals surface area contributed by atoms with E-state index in [0.717, 1.165) is 12.1 Å². The van der Waals surface area contributed by atoms with Crippen molar-refractivity contribution in [3.05, 3.63) is 30.1 Å². The molecule has 1 aromatic carbocycles. The van der Waals surface area contributed by atoms with E-state index in [1.54, 1.807) is 13.8 Å². The third-order valence-corrected chi connectivity index (χ3v) is 5.08. The van der Waals surface area contributed by atoms with Crippen molar-refractivity contribution in [1.29, 1.82) is 0 Å². The van der Waals surface area contributed by atoms with Crippen LogP contribution >= 0.6 is 0 Å². The maximum absolute atomic E-state index is 13.8. The molecule has 0 aliphatic carbocycles. The summed E-state index contributed by atoms with van der Waals surface area (Å²) in [4.78, 5) is 23.8. The van der Waals surface area contributed by atoms with Crippen LogP contribution in [0.1, 0.15) is 26.7 Å². The van der Waals surface area contributed by atoms with Crippen LogP contribution in [0.15, 0.2) is 29.2 Å². The number of hydrogen-bond acceptors (Lipinski definition) is 4. The van der Waals surface area contributed by atoms with Gasteiger partial charge < -0.3 is 10.0 Å². The van der Waals surface area contributed by atoms with Gasteiger partial charge in [-0.15, -0.1) is 0 Å². The molecule has 0 aromatic heterocycles. The van der Waals surface area contributed by atoms with Crippen molar-refractivity contribution in [2.24, 2.45) is 5.92 Å². The molecule has 0 aliphatic heterocycles. The zero-order chi connectivity index (χ0) is 19.2. The standard InChI is InChI=1S/C16H23FN2O5S/c1-11(2)15(16(22)19(3)10-6-9-14(20)21)18-25(23,24)13-8-5-4-7-12(13)17/h4-5,7-8,11,15,18H,6,9-10H2,1-3H3,(H,20,21). The molecule has 25 heavy (non-hydrogen) atoms. The molecular formula is C16H23FN2O5S. The molecule has 9 heteroatoms. The number of nitrogens with zero attached hydrogens (tertiary/aromatic N) is 1. The Morgan fingerprint density at radius 1 is 1.28 bits per heavy atom. The second-order valence-electron chi connectivity index (χ2n) is 6.03. The van der Waals surface area contributed by atoms with Crippen LogP contribution in [0, 0.1) is 11.7 Å². The maximum atomic E-state index is 13.8. The van der Waals surface area contributed by atoms with Crippen LogP contribution in [-0.4, -0.2) is 49.9 Å². The highest BCUT2D eigenvalue weighted by Gasteiger charge is 2.31. The van der Waals surface area contributed by atoms with Crippen molar-refractivity contribution in [1.82, 2.24) is 9.62 Å². The molecule has 1 unspecified atom stereocenters. The first-order valence-corrected chi connectivity index (χ1v) is 9.28. The molecule has 1 atom stereocenters. The molecule has 140 valence electrons. The molecule has 7 nitrogen and oxygen atoms in total. The number of sulfonamides is 1. The van der Waals surface area contributed by atoms with Crippen molar-refractivity contribution >= 4 is 21.9 Å². The van der Waals surface area contributed by atoms with E-state index in [2.05, 4.69) is 4.72 Å². The van der Waals surface area contributed by atoms with Gasteiger partial charge in [0.25, 0.3) is 0 Å². The molecule has 0 saturated carbocycles. The summed E-state index contributed by atoms with van der Waals surface area (Å²) in [5.74, 6) is -2.75. The number of nitrogens with one attached hydrogen (secondary N) is 1. The van der Waals surface area contributed by atoms with E-state index in [4.69, 9.17) is 5.11 Å². The van der Waals surface area contributed by atoms with Gasteiger partial charge in [-0.2, -0.15) is 4.72 Å². The highest BCUT2D eigenvalue weighted by molar-refractivity contribution is 7.89. The lowest BCUT2D eigenvalue weighted by molar-refractivity contribution is -0.138. The fourth-order valence-corrected chi connectivity index (χ4v) is 3.60. The van der Waals surface area contributed by atoms with Crippen molar-refractivity contribution in [3.8, 4) is 0 Å². The maximum Gasteiger partial charge on any atom is 0.303 e. The number of carboxylic acids is 1. The Kier molecular flexibility index (Phi) is 7.50. The zero-order valence-corrected chi connectivity index (χ0v) is 15.2. The lowest BCUT2D eigenvalue weighted by Gasteiger charge is -2.27. The molecule has 0 bridgehead atoms. The summed E-state index contributed by atoms with van der Waals surface area (Å²) in [5, 5.41) is 8.64. The summed E-state index contributed by atoms with van der Waals surface area (Å²) >= 11 is 0. The van der Waals surface area contributed by atoms with Gasteiger partial charge in [0.05, 0.1) is 0 Å². The Balaban J connectivity index is 2.91. The zero-order valence-electron chi connectivity index (χ0n) is 14.4. The topological polar surface area (TPSA) is 104 Å². The minimum atomic E-state index is -4.21. The number of amides is 1. The number of rotatable bonds is 9. The molecule has 0 aliphatic rings. The summed E-state index contributed by atoms with van der Waals surface area (Å²) in [6.07, 6.45) is 0.160. The summed E-state index contributed by atoms with van der Waals surface area (Å²) in [6.45, 7) is 3.50. The summed E-state index contributed by atoms with van der Waals surface area (Å²) in [6, 6.07) is 3.83. The first kappa shape index (κ1) is 21.0. The van der Waals surface area contributed by atoms with Crippen LogP contribution in [-0.2, 0) is 19.6 Å². The smallest absolute Gasteiger partial charge is 0.303 e. The minimum Gasteiger partial charge on any atom is -0.481 e. The lowest BCUT2D eigenvalue weighted by atomic mass is 10.0. The Hall–Kier alpha value is -2.00. The van der Waals surface area contributed by atoms with Gasteiger partial charge in [0.15, 0.2) is 0 Å². The Morgan fingerprint density at radius 3 is 2.40 bits per heavy atom. The monoisotopic (exact) mass is 374 g/mol. The van der Waals surface area contributed by atoms with Gasteiger partial charge >= 0.3 is 5.97 Å². The van der Waals surface area contributed by atoms with E-state index >= 15 is 0 Å². The molecule has 0 fully saturated rings. The van der Waals surface area contributed by atoms with E-state index in [0.29, 0.717) is 0 Å². The molecule has 0 radical (unpaired) electrons. The number of hydrogen-bond donors (Lipinski definition) is 2. The third-order valence-electron chi connectivity index (χ3n) is 3.60. The lowest BCUT2D eigenvalue weighted by Crippen LogP contribution is -2.50. The second-order valence-corrected chi connectivity index (χ2v) is 7.71. The van der Waals surface area contributed by atoms with Gasteiger partial charge in [-0.25, -0.2) is 12.8 Å². The summed E-state index contributed by atoms with van der Waals surface area (Å²) in [5.41, 5.74) is 0. The molecular weight excluding hydrogens is 351 g/mol. The fraction of sp³-hybridized carbons (Fsp3) is 0.500. The van der Waals surface area contributed by atoms with Gasteiger partial charge in [-0.1, -0.05) is 26.0 Å². The normalized spacial score (nSPS) is 12.8. The summed E-state index contributed by atoms with van der Waals surface area (Å²) in [7, 11) is -2.75. The van der Waals surface area contributed by atoms with Crippen LogP contribution in [0.4, 0.5) is 4.39 Å². The Bertz CT molecular complexity index is 721. The SMILES string of the molecule is CC(C)C(NS(=O)(=O)c1ccccc1F)C(=O)N(C)CCCC(=O)O. The van der Waals surface area contributed by atoms with Crippen LogP contribution in [0.2, 0.25) is 0 Å². The minimum absolute atomic E-state index is 0.0923. The third kappa shape index (κ3) is 6.09. The molecule has 1 rings (SSSR count). The number of benzene rings is 1. The van der Waals surface area contributed by atoms with Gasteiger partial charge in [-0.3, -0.25) is 9.59 Å². The average Bonchev–Trinajstić information content (AvgIpc) is 2.51. The number of carboxylic acid groups (broad SMARTS) is 1. The van der Waals surface area contributed by atoms with Gasteiger partial charge in [0, 0.05) is 20.0 Å². The number of halogens is 1. The highest BCUT2D eigenvalue weighted by Crippen LogP contribution is 2.16. The predicted molar refractivity (Wildman–Crippen MR) is 89.9 cm³/mol. The van der Waals surface area contributed by atoms with E-state index in [1.807, 2.05) is 0 Å². The van der Waals surface area contributed by atoms with E-state index in [-0.39, 0.29) is 25.3 Å². The number of carbonyl (C=O) groups is 2. The predicted octanol–water partition coefficient (Wildman–Crippen LogP) is 1.45. The van der Waals surface area contributed by atoms with E-state index in [1.165, 1.54) is 24.1 Å². The first-order chi connectivity index (χ1) is 11.6. The molecule has 0 spiro atoms. The van der Waals surface area contributed by atoms with Crippen LogP contribution < -0.4 is 4.72 Å². The van der Waals surface area contributed by atoms with Gasteiger partial charge in [0.2, 0.25) is 15.9 Å². The van der Waals surface area contributed by atoms with Crippen molar-refractivity contribution in [2.45, 2.75) is 37.6 Å². The van der Waals surface area contributed by atoms with Crippen molar-refractivity contribution in [3.63, 3.8) is 0 Å². The van der Waals surface area contributed by atoms with Crippen LogP contribution in [0.25, 0.3) is 0 Å². The van der Waals surface area contributed by atoms with Crippen LogP contribution in [0.5, 0.6) is 0 Å². The number of likely N-dealkylation sites (N-methyl/N-ethyl adjacent to an activating group) is 1.